The van der Waals surface area contributed by atoms with Crippen LogP contribution < -0.4 is 14.8 Å². The van der Waals surface area contributed by atoms with Crippen molar-refractivity contribution in [1.82, 2.24) is 0 Å². The second-order valence-corrected chi connectivity index (χ2v) is 6.06. The van der Waals surface area contributed by atoms with Crippen LogP contribution in [0.4, 0.5) is 14.5 Å². The molecule has 124 valence electrons. The van der Waals surface area contributed by atoms with Crippen LogP contribution in [0.1, 0.15) is 36.0 Å². The maximum atomic E-state index is 13.7. The Bertz CT molecular complexity index is 816. The van der Waals surface area contributed by atoms with Gasteiger partial charge >= 0.3 is 0 Å². The minimum Gasteiger partial charge on any atom is -0.448 e. The molecule has 0 unspecified atom stereocenters. The predicted molar refractivity (Wildman–Crippen MR) is 83.2 cm³/mol. The second kappa shape index (κ2) is 5.47. The highest BCUT2D eigenvalue weighted by Gasteiger charge is 2.44. The third-order valence-electron chi connectivity index (χ3n) is 4.33. The van der Waals surface area contributed by atoms with Gasteiger partial charge in [0.05, 0.1) is 5.56 Å². The van der Waals surface area contributed by atoms with E-state index in [1.54, 1.807) is 18.2 Å². The highest BCUT2D eigenvalue weighted by atomic mass is 19.1. The van der Waals surface area contributed by atoms with Crippen molar-refractivity contribution in [2.75, 3.05) is 5.32 Å². The van der Waals surface area contributed by atoms with Crippen LogP contribution >= 0.6 is 0 Å². The van der Waals surface area contributed by atoms with E-state index in [4.69, 9.17) is 9.47 Å². The summed E-state index contributed by atoms with van der Waals surface area (Å²) in [5.74, 6) is -1.65. The van der Waals surface area contributed by atoms with Gasteiger partial charge in [-0.25, -0.2) is 8.78 Å². The maximum absolute atomic E-state index is 13.7. The molecule has 1 heterocycles. The summed E-state index contributed by atoms with van der Waals surface area (Å²) in [5.41, 5.74) is 0.238. The van der Waals surface area contributed by atoms with Gasteiger partial charge in [-0.15, -0.1) is 0 Å². The van der Waals surface area contributed by atoms with Gasteiger partial charge in [-0.3, -0.25) is 4.79 Å². The first-order valence-corrected chi connectivity index (χ1v) is 7.83. The van der Waals surface area contributed by atoms with E-state index in [1.165, 1.54) is 0 Å². The zero-order valence-corrected chi connectivity index (χ0v) is 12.8. The first kappa shape index (κ1) is 14.9. The lowest BCUT2D eigenvalue weighted by atomic mass is 10.2. The van der Waals surface area contributed by atoms with Crippen molar-refractivity contribution < 1.29 is 23.0 Å². The molecule has 1 saturated carbocycles. The van der Waals surface area contributed by atoms with Crippen LogP contribution in [-0.4, -0.2) is 11.7 Å². The first-order chi connectivity index (χ1) is 11.5. The standard InChI is InChI=1S/C18H15F2NO3/c19-11-3-5-13(14(20)9-11)17(22)21-12-4-6-15-16(10-12)24-18(23-15)7-1-2-8-18/h3-6,9-10H,1-2,7-8H2,(H,21,22). The van der Waals surface area contributed by atoms with Crippen LogP contribution in [0, 0.1) is 11.6 Å². The van der Waals surface area contributed by atoms with Gasteiger partial charge in [0.15, 0.2) is 11.5 Å². The molecule has 1 N–H and O–H groups in total. The van der Waals surface area contributed by atoms with E-state index in [2.05, 4.69) is 5.32 Å². The zero-order chi connectivity index (χ0) is 16.7. The van der Waals surface area contributed by atoms with Crippen LogP contribution in [0.3, 0.4) is 0 Å². The molecule has 1 amide bonds. The minimum absolute atomic E-state index is 0.221. The van der Waals surface area contributed by atoms with E-state index < -0.39 is 23.3 Å². The highest BCUT2D eigenvalue weighted by Crippen LogP contribution is 2.47. The number of rotatable bonds is 2. The Balaban J connectivity index is 1.53. The van der Waals surface area contributed by atoms with E-state index in [1.807, 2.05) is 0 Å². The number of carbonyl (C=O) groups is 1. The topological polar surface area (TPSA) is 47.6 Å². The van der Waals surface area contributed by atoms with Crippen molar-refractivity contribution in [2.45, 2.75) is 31.5 Å². The van der Waals surface area contributed by atoms with Crippen molar-refractivity contribution in [3.8, 4) is 11.5 Å². The minimum atomic E-state index is -0.904. The highest BCUT2D eigenvalue weighted by molar-refractivity contribution is 6.04. The molecule has 4 rings (SSSR count). The number of benzene rings is 2. The number of hydrogen-bond donors (Lipinski definition) is 1. The molecule has 24 heavy (non-hydrogen) atoms. The average molecular weight is 331 g/mol. The molecule has 1 aliphatic carbocycles. The quantitative estimate of drug-likeness (QED) is 0.894. The lowest BCUT2D eigenvalue weighted by Crippen LogP contribution is -2.34. The number of fused-ring (bicyclic) bond motifs is 1. The molecule has 0 aromatic heterocycles. The zero-order valence-electron chi connectivity index (χ0n) is 12.8. The fourth-order valence-corrected chi connectivity index (χ4v) is 3.16. The van der Waals surface area contributed by atoms with Crippen molar-refractivity contribution >= 4 is 11.6 Å². The Kier molecular flexibility index (Phi) is 3.40. The summed E-state index contributed by atoms with van der Waals surface area (Å²) in [6.07, 6.45) is 3.79. The van der Waals surface area contributed by atoms with Crippen molar-refractivity contribution in [2.24, 2.45) is 0 Å². The molecule has 2 aliphatic rings. The lowest BCUT2D eigenvalue weighted by Gasteiger charge is -2.21. The van der Waals surface area contributed by atoms with Crippen molar-refractivity contribution in [3.05, 3.63) is 53.6 Å². The molecule has 0 bridgehead atoms. The molecule has 1 aliphatic heterocycles. The molecule has 1 fully saturated rings. The molecule has 0 atom stereocenters. The Morgan fingerprint density at radius 3 is 2.50 bits per heavy atom. The Labute approximate surface area is 137 Å². The molecule has 2 aromatic carbocycles. The molecule has 0 saturated heterocycles. The first-order valence-electron chi connectivity index (χ1n) is 7.83. The van der Waals surface area contributed by atoms with Crippen molar-refractivity contribution in [3.63, 3.8) is 0 Å². The molecule has 2 aromatic rings. The maximum Gasteiger partial charge on any atom is 0.258 e. The van der Waals surface area contributed by atoms with Gasteiger partial charge in [0, 0.05) is 30.7 Å². The number of ether oxygens (including phenoxy) is 2. The third-order valence-corrected chi connectivity index (χ3v) is 4.33. The summed E-state index contributed by atoms with van der Waals surface area (Å²) < 4.78 is 38.4. The predicted octanol–water partition coefficient (Wildman–Crippen LogP) is 4.26. The van der Waals surface area contributed by atoms with Crippen LogP contribution in [0.25, 0.3) is 0 Å². The number of anilines is 1. The monoisotopic (exact) mass is 331 g/mol. The second-order valence-electron chi connectivity index (χ2n) is 6.06. The van der Waals surface area contributed by atoms with Crippen LogP contribution in [0.15, 0.2) is 36.4 Å². The average Bonchev–Trinajstić information content (AvgIpc) is 3.13. The summed E-state index contributed by atoms with van der Waals surface area (Å²) >= 11 is 0. The van der Waals surface area contributed by atoms with Gasteiger partial charge < -0.3 is 14.8 Å². The molecular formula is C18H15F2NO3. The Morgan fingerprint density at radius 2 is 1.75 bits per heavy atom. The van der Waals surface area contributed by atoms with Gasteiger partial charge in [-0.05, 0) is 37.1 Å². The fourth-order valence-electron chi connectivity index (χ4n) is 3.16. The molecule has 6 heteroatoms. The van der Waals surface area contributed by atoms with E-state index in [0.717, 1.165) is 37.8 Å². The van der Waals surface area contributed by atoms with Gasteiger partial charge in [-0.1, -0.05) is 0 Å². The number of carbonyl (C=O) groups excluding carboxylic acids is 1. The smallest absolute Gasteiger partial charge is 0.258 e. The van der Waals surface area contributed by atoms with Gasteiger partial charge in [-0.2, -0.15) is 0 Å². The van der Waals surface area contributed by atoms with Crippen molar-refractivity contribution in [1.29, 1.82) is 0 Å². The van der Waals surface area contributed by atoms with E-state index in [-0.39, 0.29) is 5.56 Å². The summed E-state index contributed by atoms with van der Waals surface area (Å²) in [5, 5.41) is 2.59. The van der Waals surface area contributed by atoms with Gasteiger partial charge in [0.1, 0.15) is 11.6 Å². The molecule has 0 radical (unpaired) electrons. The number of halogens is 2. The summed E-state index contributed by atoms with van der Waals surface area (Å²) in [6.45, 7) is 0. The summed E-state index contributed by atoms with van der Waals surface area (Å²) in [7, 11) is 0. The Hall–Kier alpha value is -2.63. The van der Waals surface area contributed by atoms with Gasteiger partial charge in [0.25, 0.3) is 11.7 Å². The van der Waals surface area contributed by atoms with Crippen LogP contribution in [-0.2, 0) is 0 Å². The SMILES string of the molecule is O=C(Nc1ccc2c(c1)OC1(CCCC1)O2)c1ccc(F)cc1F. The van der Waals surface area contributed by atoms with E-state index in [9.17, 15) is 13.6 Å². The summed E-state index contributed by atoms with van der Waals surface area (Å²) in [6, 6.07) is 7.87. The Morgan fingerprint density at radius 1 is 1.00 bits per heavy atom. The van der Waals surface area contributed by atoms with Gasteiger partial charge in [0.2, 0.25) is 0 Å². The number of hydrogen-bond acceptors (Lipinski definition) is 3. The van der Waals surface area contributed by atoms with Crippen LogP contribution in [0.2, 0.25) is 0 Å². The fraction of sp³-hybridized carbons (Fsp3) is 0.278. The van der Waals surface area contributed by atoms with E-state index in [0.29, 0.717) is 23.3 Å². The molecule has 4 nitrogen and oxygen atoms in total. The summed E-state index contributed by atoms with van der Waals surface area (Å²) in [4.78, 5) is 12.2. The molecular weight excluding hydrogens is 316 g/mol. The normalized spacial score (nSPS) is 17.2. The van der Waals surface area contributed by atoms with E-state index >= 15 is 0 Å². The number of amides is 1. The number of nitrogens with one attached hydrogen (secondary N) is 1. The van der Waals surface area contributed by atoms with Crippen LogP contribution in [0.5, 0.6) is 11.5 Å². The molecule has 1 spiro atoms. The third kappa shape index (κ3) is 2.58. The lowest BCUT2D eigenvalue weighted by molar-refractivity contribution is -0.0716. The largest absolute Gasteiger partial charge is 0.448 e.